The lowest BCUT2D eigenvalue weighted by Gasteiger charge is -2.20. The molecule has 2 aromatic carbocycles. The zero-order valence-corrected chi connectivity index (χ0v) is 18.5. The number of carbonyl (C=O) groups excluding carboxylic acids is 1. The molecule has 2 atom stereocenters. The summed E-state index contributed by atoms with van der Waals surface area (Å²) in [5.41, 5.74) is -0.241. The molecule has 0 bridgehead atoms. The fourth-order valence-electron chi connectivity index (χ4n) is 4.07. The Kier molecular flexibility index (Phi) is 6.53. The lowest BCUT2D eigenvalue weighted by molar-refractivity contribution is -0.140. The van der Waals surface area contributed by atoms with E-state index in [0.29, 0.717) is 17.4 Å². The average molecular weight is 465 g/mol. The fraction of sp³-hybridized carbons (Fsp3) is 0.333. The third-order valence-electron chi connectivity index (χ3n) is 5.98. The minimum atomic E-state index is -4.56. The summed E-state index contributed by atoms with van der Waals surface area (Å²) in [6, 6.07) is 6.08. The Labute approximate surface area is 187 Å². The van der Waals surface area contributed by atoms with E-state index in [4.69, 9.17) is 4.74 Å². The Morgan fingerprint density at radius 3 is 2.24 bits per heavy atom. The summed E-state index contributed by atoms with van der Waals surface area (Å²) in [5, 5.41) is 10.3. The minimum absolute atomic E-state index is 0.0545. The smallest absolute Gasteiger partial charge is 0.416 e. The lowest BCUT2D eigenvalue weighted by Crippen LogP contribution is -2.21. The highest BCUT2D eigenvalue weighted by molar-refractivity contribution is 6.05. The first-order valence-electron chi connectivity index (χ1n) is 10.3. The van der Waals surface area contributed by atoms with Crippen molar-refractivity contribution in [3.63, 3.8) is 0 Å². The highest BCUT2D eigenvalue weighted by Crippen LogP contribution is 2.40. The van der Waals surface area contributed by atoms with E-state index in [1.165, 1.54) is 13.2 Å². The standard InChI is InChI=1S/C24H23F4NO4/c1-5-12(2)20(23(31)32)21-13(3)29(18-11-17(25)19(33-4)10-16(18)21)22(30)14-6-8-15(9-7-14)24(26,27)28/h6-12,20H,5H2,1-4H3,(H,31,32). The van der Waals surface area contributed by atoms with Crippen LogP contribution >= 0.6 is 0 Å². The molecule has 9 heteroatoms. The first-order chi connectivity index (χ1) is 15.4. The Bertz CT molecular complexity index is 1210. The maximum absolute atomic E-state index is 14.6. The molecular formula is C24H23F4NO4. The molecule has 0 saturated carbocycles. The van der Waals surface area contributed by atoms with E-state index in [1.807, 2.05) is 6.92 Å². The molecule has 5 nitrogen and oxygen atoms in total. The van der Waals surface area contributed by atoms with Crippen LogP contribution in [0.4, 0.5) is 17.6 Å². The largest absolute Gasteiger partial charge is 0.494 e. The van der Waals surface area contributed by atoms with Crippen LogP contribution in [-0.4, -0.2) is 28.7 Å². The van der Waals surface area contributed by atoms with Crippen molar-refractivity contribution in [3.8, 4) is 5.75 Å². The molecule has 0 saturated heterocycles. The van der Waals surface area contributed by atoms with E-state index in [1.54, 1.807) is 13.8 Å². The number of aromatic nitrogens is 1. The Morgan fingerprint density at radius 2 is 1.76 bits per heavy atom. The van der Waals surface area contributed by atoms with Crippen molar-refractivity contribution in [1.82, 2.24) is 4.57 Å². The van der Waals surface area contributed by atoms with E-state index in [9.17, 15) is 32.3 Å². The van der Waals surface area contributed by atoms with Crippen molar-refractivity contribution in [3.05, 3.63) is 64.6 Å². The fourth-order valence-corrected chi connectivity index (χ4v) is 4.07. The number of fused-ring (bicyclic) bond motifs is 1. The van der Waals surface area contributed by atoms with E-state index in [0.717, 1.165) is 34.9 Å². The van der Waals surface area contributed by atoms with Crippen LogP contribution in [0.5, 0.6) is 5.75 Å². The van der Waals surface area contributed by atoms with Crippen molar-refractivity contribution < 1.29 is 37.0 Å². The van der Waals surface area contributed by atoms with Gasteiger partial charge in [-0.3, -0.25) is 14.2 Å². The first kappa shape index (κ1) is 24.3. The van der Waals surface area contributed by atoms with Gasteiger partial charge in [-0.2, -0.15) is 13.2 Å². The van der Waals surface area contributed by atoms with E-state index < -0.39 is 35.4 Å². The van der Waals surface area contributed by atoms with Crippen LogP contribution < -0.4 is 4.74 Å². The number of benzene rings is 2. The van der Waals surface area contributed by atoms with Crippen molar-refractivity contribution in [1.29, 1.82) is 0 Å². The number of carboxylic acid groups (broad SMARTS) is 1. The number of ether oxygens (including phenoxy) is 1. The van der Waals surface area contributed by atoms with Crippen LogP contribution in [0.2, 0.25) is 0 Å². The van der Waals surface area contributed by atoms with Gasteiger partial charge >= 0.3 is 12.1 Å². The van der Waals surface area contributed by atoms with E-state index in [-0.39, 0.29) is 28.4 Å². The predicted molar refractivity (Wildman–Crippen MR) is 114 cm³/mol. The van der Waals surface area contributed by atoms with Gasteiger partial charge in [0.2, 0.25) is 0 Å². The highest BCUT2D eigenvalue weighted by Gasteiger charge is 2.34. The maximum atomic E-state index is 14.6. The summed E-state index contributed by atoms with van der Waals surface area (Å²) in [6.07, 6.45) is -4.02. The van der Waals surface area contributed by atoms with Gasteiger partial charge in [0.25, 0.3) is 5.91 Å². The van der Waals surface area contributed by atoms with Crippen molar-refractivity contribution in [2.75, 3.05) is 7.11 Å². The van der Waals surface area contributed by atoms with Gasteiger partial charge in [0.1, 0.15) is 0 Å². The third kappa shape index (κ3) is 4.31. The molecule has 176 valence electrons. The van der Waals surface area contributed by atoms with Gasteiger partial charge in [0, 0.05) is 22.7 Å². The van der Waals surface area contributed by atoms with Crippen LogP contribution in [0.25, 0.3) is 10.9 Å². The number of methoxy groups -OCH3 is 1. The number of halogens is 4. The SMILES string of the molecule is CCC(C)C(C(=O)O)c1c(C)n(C(=O)c2ccc(C(F)(F)F)cc2)c2cc(F)c(OC)cc12. The second kappa shape index (κ2) is 8.88. The van der Waals surface area contributed by atoms with Gasteiger partial charge in [-0.1, -0.05) is 20.3 Å². The second-order valence-electron chi connectivity index (χ2n) is 7.92. The van der Waals surface area contributed by atoms with Crippen molar-refractivity contribution >= 4 is 22.8 Å². The van der Waals surface area contributed by atoms with Crippen LogP contribution in [0.3, 0.4) is 0 Å². The zero-order chi connectivity index (χ0) is 24.7. The van der Waals surface area contributed by atoms with E-state index >= 15 is 0 Å². The summed E-state index contributed by atoms with van der Waals surface area (Å²) in [4.78, 5) is 25.5. The molecule has 0 aliphatic carbocycles. The molecule has 0 aliphatic heterocycles. The molecule has 0 aliphatic rings. The van der Waals surface area contributed by atoms with Crippen LogP contribution in [0, 0.1) is 18.7 Å². The minimum Gasteiger partial charge on any atom is -0.494 e. The molecule has 0 spiro atoms. The number of hydrogen-bond donors (Lipinski definition) is 1. The molecule has 0 fully saturated rings. The monoisotopic (exact) mass is 465 g/mol. The maximum Gasteiger partial charge on any atom is 0.416 e. The van der Waals surface area contributed by atoms with Gasteiger partial charge < -0.3 is 9.84 Å². The van der Waals surface area contributed by atoms with Crippen LogP contribution in [0.15, 0.2) is 36.4 Å². The molecule has 3 aromatic rings. The summed E-state index contributed by atoms with van der Waals surface area (Å²) in [7, 11) is 1.27. The number of aliphatic carboxylic acids is 1. The van der Waals surface area contributed by atoms with Gasteiger partial charge in [0.05, 0.1) is 24.1 Å². The lowest BCUT2D eigenvalue weighted by atomic mass is 9.84. The first-order valence-corrected chi connectivity index (χ1v) is 10.3. The number of carbonyl (C=O) groups is 2. The average Bonchev–Trinajstić information content (AvgIpc) is 3.02. The quantitative estimate of drug-likeness (QED) is 0.452. The molecule has 1 aromatic heterocycles. The molecule has 3 rings (SSSR count). The van der Waals surface area contributed by atoms with Gasteiger partial charge in [0.15, 0.2) is 11.6 Å². The molecule has 0 amide bonds. The van der Waals surface area contributed by atoms with E-state index in [2.05, 4.69) is 0 Å². The molecule has 0 radical (unpaired) electrons. The zero-order valence-electron chi connectivity index (χ0n) is 18.5. The number of carboxylic acids is 1. The number of nitrogens with zero attached hydrogens (tertiary/aromatic N) is 1. The number of rotatable bonds is 6. The predicted octanol–water partition coefficient (Wildman–Crippen LogP) is 6.02. The van der Waals surface area contributed by atoms with Crippen LogP contribution in [0.1, 0.15) is 53.4 Å². The normalized spacial score (nSPS) is 13.7. The number of alkyl halides is 3. The molecular weight excluding hydrogens is 442 g/mol. The molecule has 1 N–H and O–H groups in total. The Hall–Kier alpha value is -3.36. The second-order valence-corrected chi connectivity index (χ2v) is 7.92. The van der Waals surface area contributed by atoms with Crippen LogP contribution in [-0.2, 0) is 11.0 Å². The summed E-state index contributed by atoms with van der Waals surface area (Å²) < 4.78 is 59.5. The third-order valence-corrected chi connectivity index (χ3v) is 5.98. The molecule has 1 heterocycles. The van der Waals surface area contributed by atoms with Gasteiger partial charge in [-0.05, 0) is 48.7 Å². The molecule has 33 heavy (non-hydrogen) atoms. The topological polar surface area (TPSA) is 68.5 Å². The Morgan fingerprint density at radius 1 is 1.15 bits per heavy atom. The highest BCUT2D eigenvalue weighted by atomic mass is 19.4. The van der Waals surface area contributed by atoms with Gasteiger partial charge in [-0.15, -0.1) is 0 Å². The molecule has 2 unspecified atom stereocenters. The summed E-state index contributed by atoms with van der Waals surface area (Å²) in [6.45, 7) is 5.14. The van der Waals surface area contributed by atoms with Crippen molar-refractivity contribution in [2.45, 2.75) is 39.3 Å². The number of hydrogen-bond acceptors (Lipinski definition) is 3. The van der Waals surface area contributed by atoms with Crippen molar-refractivity contribution in [2.24, 2.45) is 5.92 Å². The summed E-state index contributed by atoms with van der Waals surface area (Å²) >= 11 is 0. The van der Waals surface area contributed by atoms with Gasteiger partial charge in [-0.25, -0.2) is 4.39 Å². The Balaban J connectivity index is 2.30. The summed E-state index contributed by atoms with van der Waals surface area (Å²) in [5.74, 6) is -3.97.